The largest absolute Gasteiger partial charge is 0.462 e. The van der Waals surface area contributed by atoms with Crippen molar-refractivity contribution in [3.8, 4) is 0 Å². The second-order valence-electron chi connectivity index (χ2n) is 5.27. The molecule has 0 aliphatic heterocycles. The van der Waals surface area contributed by atoms with Crippen molar-refractivity contribution in [1.29, 1.82) is 0 Å². The smallest absolute Gasteiger partial charge is 0.341 e. The Morgan fingerprint density at radius 1 is 1.36 bits per heavy atom. The van der Waals surface area contributed by atoms with Gasteiger partial charge >= 0.3 is 5.97 Å². The minimum atomic E-state index is -0.403. The van der Waals surface area contributed by atoms with Gasteiger partial charge in [0.25, 0.3) is 0 Å². The minimum Gasteiger partial charge on any atom is -0.462 e. The third-order valence-electron chi connectivity index (χ3n) is 3.35. The van der Waals surface area contributed by atoms with Crippen LogP contribution in [0.25, 0.3) is 0 Å². The van der Waals surface area contributed by atoms with E-state index in [4.69, 9.17) is 4.74 Å². The van der Waals surface area contributed by atoms with Gasteiger partial charge in [-0.2, -0.15) is 0 Å². The summed E-state index contributed by atoms with van der Waals surface area (Å²) in [5, 5.41) is 4.22. The Morgan fingerprint density at radius 3 is 2.84 bits per heavy atom. The maximum Gasteiger partial charge on any atom is 0.341 e. The van der Waals surface area contributed by atoms with Crippen molar-refractivity contribution in [3.05, 3.63) is 28.9 Å². The van der Waals surface area contributed by atoms with Crippen LogP contribution < -0.4 is 5.32 Å². The average Bonchev–Trinajstić information content (AvgIpc) is 3.20. The molecule has 25 heavy (non-hydrogen) atoms. The number of carbonyl (C=O) groups excluding carboxylic acids is 2. The zero-order valence-electron chi connectivity index (χ0n) is 14.7. The summed E-state index contributed by atoms with van der Waals surface area (Å²) in [5.41, 5.74) is 0.425. The molecule has 0 unspecified atom stereocenters. The number of imidazole rings is 1. The molecule has 0 spiro atoms. The van der Waals surface area contributed by atoms with Crippen molar-refractivity contribution >= 4 is 40.0 Å². The van der Waals surface area contributed by atoms with Gasteiger partial charge in [-0.05, 0) is 25.8 Å². The Balaban J connectivity index is 2.01. The van der Waals surface area contributed by atoms with Gasteiger partial charge in [-0.1, -0.05) is 25.6 Å². The standard InChI is InChI=1S/C17H23N3O3S2/c1-4-8-20-9-7-18-17(20)24-11-14(21)19-15-13(16(22)23-6-3)10-12(5-2)25-15/h7,9-10H,4-6,8,11H2,1-3H3,(H,19,21). The lowest BCUT2D eigenvalue weighted by Crippen LogP contribution is -2.16. The van der Waals surface area contributed by atoms with E-state index >= 15 is 0 Å². The molecule has 0 aliphatic rings. The highest BCUT2D eigenvalue weighted by molar-refractivity contribution is 7.99. The van der Waals surface area contributed by atoms with Crippen LogP contribution in [0, 0.1) is 0 Å². The van der Waals surface area contributed by atoms with Gasteiger partial charge in [-0.15, -0.1) is 11.3 Å². The van der Waals surface area contributed by atoms with Crippen molar-refractivity contribution in [1.82, 2.24) is 9.55 Å². The SMILES string of the molecule is CCCn1ccnc1SCC(=O)Nc1sc(CC)cc1C(=O)OCC. The molecule has 0 saturated heterocycles. The van der Waals surface area contributed by atoms with Crippen LogP contribution in [0.3, 0.4) is 0 Å². The van der Waals surface area contributed by atoms with Gasteiger partial charge in [0.05, 0.1) is 17.9 Å². The molecule has 1 amide bonds. The molecule has 0 atom stereocenters. The van der Waals surface area contributed by atoms with E-state index in [9.17, 15) is 9.59 Å². The molecule has 6 nitrogen and oxygen atoms in total. The van der Waals surface area contributed by atoms with E-state index in [0.717, 1.165) is 29.4 Å². The number of ether oxygens (including phenoxy) is 1. The van der Waals surface area contributed by atoms with Gasteiger partial charge in [0.1, 0.15) is 5.00 Å². The number of nitrogens with zero attached hydrogens (tertiary/aromatic N) is 2. The third kappa shape index (κ3) is 5.34. The van der Waals surface area contributed by atoms with Gasteiger partial charge < -0.3 is 14.6 Å². The van der Waals surface area contributed by atoms with Crippen molar-refractivity contribution in [2.24, 2.45) is 0 Å². The van der Waals surface area contributed by atoms with Gasteiger partial charge in [-0.25, -0.2) is 9.78 Å². The first-order valence-corrected chi connectivity index (χ1v) is 10.1. The first-order valence-electron chi connectivity index (χ1n) is 8.32. The summed E-state index contributed by atoms with van der Waals surface area (Å²) >= 11 is 2.80. The number of esters is 1. The van der Waals surface area contributed by atoms with E-state index in [-0.39, 0.29) is 11.7 Å². The molecule has 2 aromatic heterocycles. The number of anilines is 1. The fourth-order valence-corrected chi connectivity index (χ4v) is 4.00. The highest BCUT2D eigenvalue weighted by Gasteiger charge is 2.19. The molecular weight excluding hydrogens is 358 g/mol. The number of aromatic nitrogens is 2. The van der Waals surface area contributed by atoms with Crippen LogP contribution in [0.1, 0.15) is 42.4 Å². The van der Waals surface area contributed by atoms with Crippen molar-refractivity contribution in [2.75, 3.05) is 17.7 Å². The lowest BCUT2D eigenvalue weighted by Gasteiger charge is -2.07. The topological polar surface area (TPSA) is 73.2 Å². The molecule has 2 heterocycles. The number of hydrogen-bond donors (Lipinski definition) is 1. The summed E-state index contributed by atoms with van der Waals surface area (Å²) in [7, 11) is 0. The average molecular weight is 382 g/mol. The molecule has 2 aromatic rings. The zero-order chi connectivity index (χ0) is 18.2. The van der Waals surface area contributed by atoms with Gasteiger partial charge in [0.2, 0.25) is 5.91 Å². The molecule has 136 valence electrons. The number of hydrogen-bond acceptors (Lipinski definition) is 6. The summed E-state index contributed by atoms with van der Waals surface area (Å²) in [6.45, 7) is 7.05. The van der Waals surface area contributed by atoms with E-state index in [1.807, 2.05) is 17.7 Å². The molecule has 2 rings (SSSR count). The molecule has 8 heteroatoms. The van der Waals surface area contributed by atoms with E-state index in [1.54, 1.807) is 19.2 Å². The lowest BCUT2D eigenvalue weighted by molar-refractivity contribution is -0.113. The first-order chi connectivity index (χ1) is 12.1. The number of thiophene rings is 1. The number of nitrogens with one attached hydrogen (secondary N) is 1. The second-order valence-corrected chi connectivity index (χ2v) is 7.35. The molecule has 0 aliphatic carbocycles. The van der Waals surface area contributed by atoms with E-state index < -0.39 is 5.97 Å². The number of amides is 1. The summed E-state index contributed by atoms with van der Waals surface area (Å²) in [6, 6.07) is 1.79. The Bertz CT molecular complexity index is 725. The fourth-order valence-electron chi connectivity index (χ4n) is 2.21. The maximum absolute atomic E-state index is 12.3. The first kappa shape index (κ1) is 19.5. The Morgan fingerprint density at radius 2 is 2.16 bits per heavy atom. The number of thioether (sulfide) groups is 1. The van der Waals surface area contributed by atoms with Gasteiger partial charge in [0, 0.05) is 23.8 Å². The normalized spacial score (nSPS) is 10.7. The van der Waals surface area contributed by atoms with Crippen LogP contribution in [0.5, 0.6) is 0 Å². The predicted molar refractivity (Wildman–Crippen MR) is 102 cm³/mol. The van der Waals surface area contributed by atoms with Crippen molar-refractivity contribution < 1.29 is 14.3 Å². The van der Waals surface area contributed by atoms with Crippen LogP contribution in [0.15, 0.2) is 23.6 Å². The predicted octanol–water partition coefficient (Wildman–Crippen LogP) is 3.82. The number of rotatable bonds is 9. The monoisotopic (exact) mass is 381 g/mol. The van der Waals surface area contributed by atoms with Gasteiger partial charge in [0.15, 0.2) is 5.16 Å². The summed E-state index contributed by atoms with van der Waals surface area (Å²) < 4.78 is 7.10. The zero-order valence-corrected chi connectivity index (χ0v) is 16.3. The van der Waals surface area contributed by atoms with Gasteiger partial charge in [-0.3, -0.25) is 4.79 Å². The molecule has 0 aromatic carbocycles. The van der Waals surface area contributed by atoms with E-state index in [1.165, 1.54) is 23.1 Å². The van der Waals surface area contributed by atoms with E-state index in [0.29, 0.717) is 17.2 Å². The molecule has 0 radical (unpaired) electrons. The van der Waals surface area contributed by atoms with Crippen LogP contribution >= 0.6 is 23.1 Å². The van der Waals surface area contributed by atoms with Crippen molar-refractivity contribution in [3.63, 3.8) is 0 Å². The lowest BCUT2D eigenvalue weighted by atomic mass is 10.2. The fraction of sp³-hybridized carbons (Fsp3) is 0.471. The molecule has 0 bridgehead atoms. The minimum absolute atomic E-state index is 0.161. The second kappa shape index (κ2) is 9.62. The number of carbonyl (C=O) groups is 2. The molecule has 0 saturated carbocycles. The highest BCUT2D eigenvalue weighted by atomic mass is 32.2. The summed E-state index contributed by atoms with van der Waals surface area (Å²) in [6.07, 6.45) is 5.46. The number of aryl methyl sites for hydroxylation is 2. The quantitative estimate of drug-likeness (QED) is 0.528. The van der Waals surface area contributed by atoms with Crippen LogP contribution in [-0.2, 0) is 22.5 Å². The molecule has 0 fully saturated rings. The van der Waals surface area contributed by atoms with Crippen LogP contribution in [0.4, 0.5) is 5.00 Å². The van der Waals surface area contributed by atoms with Crippen molar-refractivity contribution in [2.45, 2.75) is 45.3 Å². The van der Waals surface area contributed by atoms with E-state index in [2.05, 4.69) is 17.2 Å². The summed E-state index contributed by atoms with van der Waals surface area (Å²) in [5.74, 6) is -0.325. The Labute approximate surface area is 156 Å². The summed E-state index contributed by atoms with van der Waals surface area (Å²) in [4.78, 5) is 29.7. The highest BCUT2D eigenvalue weighted by Crippen LogP contribution is 2.29. The van der Waals surface area contributed by atoms with Crippen LogP contribution in [0.2, 0.25) is 0 Å². The third-order valence-corrected chi connectivity index (χ3v) is 5.55. The molecular formula is C17H23N3O3S2. The Kier molecular flexibility index (Phi) is 7.52. The molecule has 1 N–H and O–H groups in total. The van der Waals surface area contributed by atoms with Crippen LogP contribution in [-0.4, -0.2) is 33.8 Å². The Hall–Kier alpha value is -1.80. The maximum atomic E-state index is 12.3.